The average Bonchev–Trinajstić information content (AvgIpc) is 3.46. The lowest BCUT2D eigenvalue weighted by atomic mass is 9.98. The normalized spacial score (nSPS) is 19.1. The summed E-state index contributed by atoms with van der Waals surface area (Å²) in [5.74, 6) is -0.540. The predicted octanol–water partition coefficient (Wildman–Crippen LogP) is 6.44. The highest BCUT2D eigenvalue weighted by Crippen LogP contribution is 2.39. The third-order valence-electron chi connectivity index (χ3n) is 6.61. The Morgan fingerprint density at radius 2 is 1.84 bits per heavy atom. The molecule has 0 radical (unpaired) electrons. The van der Waals surface area contributed by atoms with Gasteiger partial charge in [-0.15, -0.1) is 0 Å². The zero-order valence-corrected chi connectivity index (χ0v) is 22.4. The quantitative estimate of drug-likeness (QED) is 0.411. The van der Waals surface area contributed by atoms with Crippen molar-refractivity contribution in [2.24, 2.45) is 10.1 Å². The molecule has 0 aliphatic carbocycles. The van der Waals surface area contributed by atoms with Crippen LogP contribution in [0.1, 0.15) is 46.7 Å². The van der Waals surface area contributed by atoms with Crippen LogP contribution in [0.15, 0.2) is 76.8 Å². The van der Waals surface area contributed by atoms with Gasteiger partial charge in [0, 0.05) is 23.6 Å². The molecule has 0 spiro atoms. The van der Waals surface area contributed by atoms with Crippen molar-refractivity contribution in [1.82, 2.24) is 5.01 Å². The van der Waals surface area contributed by atoms with E-state index < -0.39 is 5.25 Å². The van der Waals surface area contributed by atoms with Crippen LogP contribution in [-0.4, -0.2) is 33.0 Å². The molecule has 2 aliphatic rings. The first-order chi connectivity index (χ1) is 17.8. The number of hydrogen-bond acceptors (Lipinski definition) is 5. The second kappa shape index (κ2) is 10.5. The number of carbonyl (C=O) groups excluding carboxylic acids is 2. The van der Waals surface area contributed by atoms with E-state index in [2.05, 4.69) is 34.6 Å². The van der Waals surface area contributed by atoms with Gasteiger partial charge in [0.2, 0.25) is 5.91 Å². The highest BCUT2D eigenvalue weighted by atomic mass is 35.5. The summed E-state index contributed by atoms with van der Waals surface area (Å²) in [6.45, 7) is 6.07. The van der Waals surface area contributed by atoms with Crippen LogP contribution in [0.4, 0.5) is 5.69 Å². The van der Waals surface area contributed by atoms with E-state index in [0.717, 1.165) is 33.7 Å². The number of halogens is 1. The van der Waals surface area contributed by atoms with E-state index in [9.17, 15) is 9.59 Å². The lowest BCUT2D eigenvalue weighted by Crippen LogP contribution is -2.25. The van der Waals surface area contributed by atoms with Gasteiger partial charge in [-0.2, -0.15) is 10.1 Å². The Kier molecular flexibility index (Phi) is 7.17. The monoisotopic (exact) mass is 530 g/mol. The van der Waals surface area contributed by atoms with E-state index in [1.165, 1.54) is 17.3 Å². The predicted molar refractivity (Wildman–Crippen MR) is 151 cm³/mol. The zero-order chi connectivity index (χ0) is 26.1. The van der Waals surface area contributed by atoms with Crippen molar-refractivity contribution >= 4 is 51.7 Å². The topological polar surface area (TPSA) is 74.1 Å². The number of hydrazone groups is 1. The number of benzene rings is 3. The van der Waals surface area contributed by atoms with Crippen molar-refractivity contribution in [3.05, 3.63) is 99.6 Å². The van der Waals surface area contributed by atoms with Crippen molar-refractivity contribution in [2.75, 3.05) is 5.32 Å². The minimum Gasteiger partial charge on any atom is -0.326 e. The maximum absolute atomic E-state index is 12.8. The van der Waals surface area contributed by atoms with Crippen LogP contribution in [0.2, 0.25) is 5.02 Å². The molecular weight excluding hydrogens is 504 g/mol. The molecule has 37 heavy (non-hydrogen) atoms. The molecule has 8 heteroatoms. The molecule has 2 atom stereocenters. The maximum Gasteiger partial charge on any atom is 0.262 e. The number of anilines is 1. The Balaban J connectivity index is 1.35. The summed E-state index contributed by atoms with van der Waals surface area (Å²) < 4.78 is 0. The van der Waals surface area contributed by atoms with E-state index in [-0.39, 0.29) is 24.3 Å². The Labute approximate surface area is 225 Å². The largest absolute Gasteiger partial charge is 0.326 e. The number of nitrogens with one attached hydrogen (secondary N) is 1. The Morgan fingerprint density at radius 1 is 1.05 bits per heavy atom. The Bertz CT molecular complexity index is 1430. The van der Waals surface area contributed by atoms with Crippen LogP contribution in [0.3, 0.4) is 0 Å². The van der Waals surface area contributed by atoms with Crippen molar-refractivity contribution in [2.45, 2.75) is 44.9 Å². The molecule has 6 nitrogen and oxygen atoms in total. The molecule has 0 saturated carbocycles. The van der Waals surface area contributed by atoms with E-state index in [1.807, 2.05) is 68.2 Å². The number of amides is 2. The van der Waals surface area contributed by atoms with Crippen molar-refractivity contribution in [3.63, 3.8) is 0 Å². The van der Waals surface area contributed by atoms with Crippen LogP contribution in [0, 0.1) is 20.8 Å². The number of amidine groups is 1. The van der Waals surface area contributed by atoms with E-state index in [4.69, 9.17) is 16.7 Å². The number of rotatable bonds is 5. The molecule has 0 unspecified atom stereocenters. The summed E-state index contributed by atoms with van der Waals surface area (Å²) in [5.41, 5.74) is 7.08. The standard InChI is InChI=1S/C29H27ClN4O2S/c1-17-7-10-20(11-8-17)24-15-25(21-5-4-6-22(30)14-21)34(33-24)29-32-28(36)26(37-29)16-27(35)31-23-12-9-18(2)19(3)13-23/h4-14,25-26H,15-16H2,1-3H3,(H,31,35)/t25-,26-/m0/s1. The molecule has 0 bridgehead atoms. The first-order valence-corrected chi connectivity index (χ1v) is 13.4. The van der Waals surface area contributed by atoms with E-state index in [0.29, 0.717) is 16.6 Å². The van der Waals surface area contributed by atoms with Gasteiger partial charge in [-0.05, 0) is 67.3 Å². The molecule has 0 saturated heterocycles. The maximum atomic E-state index is 12.8. The summed E-state index contributed by atoms with van der Waals surface area (Å²) in [7, 11) is 0. The second-order valence-electron chi connectivity index (χ2n) is 9.42. The van der Waals surface area contributed by atoms with Gasteiger partial charge in [-0.25, -0.2) is 5.01 Å². The molecule has 1 N–H and O–H groups in total. The minimum absolute atomic E-state index is 0.0353. The fourth-order valence-corrected chi connectivity index (χ4v) is 5.64. The van der Waals surface area contributed by atoms with Gasteiger partial charge in [0.05, 0.1) is 11.8 Å². The van der Waals surface area contributed by atoms with E-state index >= 15 is 0 Å². The van der Waals surface area contributed by atoms with Crippen molar-refractivity contribution in [1.29, 1.82) is 0 Å². The third kappa shape index (κ3) is 5.63. The Morgan fingerprint density at radius 3 is 2.57 bits per heavy atom. The molecule has 3 aromatic carbocycles. The first kappa shape index (κ1) is 25.2. The van der Waals surface area contributed by atoms with Gasteiger partial charge in [0.25, 0.3) is 5.91 Å². The highest BCUT2D eigenvalue weighted by molar-refractivity contribution is 8.15. The number of thioether (sulfide) groups is 1. The number of aliphatic imine (C=N–C) groups is 1. The van der Waals surface area contributed by atoms with Gasteiger partial charge < -0.3 is 5.32 Å². The van der Waals surface area contributed by atoms with Gasteiger partial charge in [0.1, 0.15) is 5.25 Å². The minimum atomic E-state index is -0.597. The fraction of sp³-hybridized carbons (Fsp3) is 0.241. The number of aryl methyl sites for hydroxylation is 3. The van der Waals surface area contributed by atoms with E-state index in [1.54, 1.807) is 0 Å². The van der Waals surface area contributed by atoms with Crippen molar-refractivity contribution in [3.8, 4) is 0 Å². The molecule has 2 heterocycles. The Hall–Kier alpha value is -3.42. The smallest absolute Gasteiger partial charge is 0.262 e. The fourth-order valence-electron chi connectivity index (χ4n) is 4.38. The van der Waals surface area contributed by atoms with Crippen LogP contribution >= 0.6 is 23.4 Å². The van der Waals surface area contributed by atoms with Gasteiger partial charge >= 0.3 is 0 Å². The highest BCUT2D eigenvalue weighted by Gasteiger charge is 2.39. The number of carbonyl (C=O) groups is 2. The second-order valence-corrected chi connectivity index (χ2v) is 11.0. The third-order valence-corrected chi connectivity index (χ3v) is 7.99. The summed E-state index contributed by atoms with van der Waals surface area (Å²) >= 11 is 7.59. The van der Waals surface area contributed by atoms with Crippen LogP contribution in [-0.2, 0) is 9.59 Å². The molecular formula is C29H27ClN4O2S. The molecule has 2 amide bonds. The molecule has 2 aliphatic heterocycles. The lowest BCUT2D eigenvalue weighted by Gasteiger charge is -2.23. The summed E-state index contributed by atoms with van der Waals surface area (Å²) in [6.07, 6.45) is 0.683. The summed E-state index contributed by atoms with van der Waals surface area (Å²) in [4.78, 5) is 29.9. The number of hydrogen-bond donors (Lipinski definition) is 1. The molecule has 3 aromatic rings. The summed E-state index contributed by atoms with van der Waals surface area (Å²) in [5, 5.41) is 10.2. The van der Waals surface area contributed by atoms with Gasteiger partial charge in [-0.3, -0.25) is 9.59 Å². The van der Waals surface area contributed by atoms with Crippen LogP contribution in [0.5, 0.6) is 0 Å². The molecule has 5 rings (SSSR count). The van der Waals surface area contributed by atoms with Crippen LogP contribution in [0.25, 0.3) is 0 Å². The van der Waals surface area contributed by atoms with Gasteiger partial charge in [0.15, 0.2) is 5.17 Å². The molecule has 188 valence electrons. The van der Waals surface area contributed by atoms with Gasteiger partial charge in [-0.1, -0.05) is 71.4 Å². The molecule has 0 fully saturated rings. The van der Waals surface area contributed by atoms with Crippen LogP contribution < -0.4 is 5.32 Å². The lowest BCUT2D eigenvalue weighted by molar-refractivity contribution is -0.121. The summed E-state index contributed by atoms with van der Waals surface area (Å²) in [6, 6.07) is 21.5. The first-order valence-electron chi connectivity index (χ1n) is 12.1. The molecule has 0 aromatic heterocycles. The number of nitrogens with zero attached hydrogens (tertiary/aromatic N) is 3. The zero-order valence-electron chi connectivity index (χ0n) is 20.9. The SMILES string of the molecule is Cc1ccc(C2=NN(C3=NC(=O)[C@H](CC(=O)Nc4ccc(C)c(C)c4)S3)[C@H](c3cccc(Cl)c3)C2)cc1. The van der Waals surface area contributed by atoms with Crippen molar-refractivity contribution < 1.29 is 9.59 Å². The average molecular weight is 531 g/mol.